The molecular weight excluding hydrogens is 1700 g/mol. The van der Waals surface area contributed by atoms with Crippen LogP contribution in [-0.2, 0) is 65.3 Å². The molecule has 0 aliphatic carbocycles. The Morgan fingerprint density at radius 2 is 1.36 bits per heavy atom. The standard InChI is InChI=1S/C85H90Cl2F3N11O25/c1-35(2)22-51(92-5)76(112)100-67-69(107)39-13-18-55(47(86)24-39)122-57-26-41-27-58(73(57)126-83-74(72(110)71(109)59(34-102)124-83)125-62-32-84(4,75(111)36(3)121-62)94-33-37-10-15-43(16-11-37)120-21-20-93-50-30-60(85(88,89)90)95-49-9-7-6-8-44(49)50)123-56-19-14-40(25-48(56)87)70(108)68-81(117)99-66(82(118)119)46-28-42(103)29-54(105)63(46)45-23-38(12-17-53(45)104)64(78(114)101-68)98-79(115)65(41)97-77(113)52(31-61(91)106)96-80(67)116/h6-19,23-30,35-36,51-52,59,62,64-72,74-75,83,92,94,102-105,107-111H,20-22,31-34H2,1-5H3,(H2,91,106)(H,93,95)(H,96,116)(H,97,113)(H,98,115)(H,99,117)(H,100,112)(H,101,114)(H,118,119)/t36?,51-,52+,59?,62?,64-,65-,66+,67-,68+,69-,70-,71?,72?,74?,75?,83?,84?/m1/s1. The number of aromatic nitrogens is 1. The molecular formula is C85H90Cl2F3N11O25. The van der Waals surface area contributed by atoms with Gasteiger partial charge < -0.3 is 138 Å². The number of nitrogens with two attached hydrogens (primary N) is 1. The van der Waals surface area contributed by atoms with Crippen LogP contribution >= 0.6 is 23.2 Å². The Morgan fingerprint density at radius 3 is 1.99 bits per heavy atom. The average Bonchev–Trinajstić information content (AvgIpc) is 0.772. The summed E-state index contributed by atoms with van der Waals surface area (Å²) >= 11 is 14.3. The highest BCUT2D eigenvalue weighted by Crippen LogP contribution is 2.50. The minimum absolute atomic E-state index is 0.0311. The molecule has 0 radical (unpaired) electrons. The molecule has 7 aromatic carbocycles. The fourth-order valence-corrected chi connectivity index (χ4v) is 15.9. The van der Waals surface area contributed by atoms with Gasteiger partial charge in [0.15, 0.2) is 29.9 Å². The summed E-state index contributed by atoms with van der Waals surface area (Å²) in [6, 6.07) is 13.0. The molecule has 2 saturated heterocycles. The van der Waals surface area contributed by atoms with E-state index in [0.29, 0.717) is 16.7 Å². The summed E-state index contributed by atoms with van der Waals surface area (Å²) in [5.74, 6) is -16.0. The number of carbonyl (C=O) groups excluding carboxylic acids is 7. The molecule has 8 heterocycles. The van der Waals surface area contributed by atoms with E-state index >= 15 is 14.4 Å². The number of aliphatic hydroxyl groups excluding tert-OH is 6. The number of phenolic OH excluding ortho intramolecular Hbond substituents is 3. The molecule has 7 aliphatic heterocycles. The van der Waals surface area contributed by atoms with Crippen molar-refractivity contribution in [3.63, 3.8) is 0 Å². The summed E-state index contributed by atoms with van der Waals surface area (Å²) in [5.41, 5.74) is 1.39. The molecule has 18 atom stereocenters. The maximum atomic E-state index is 16.2. The van der Waals surface area contributed by atoms with Crippen LogP contribution in [0.3, 0.4) is 0 Å². The summed E-state index contributed by atoms with van der Waals surface area (Å²) in [6.45, 7) is 5.98. The lowest BCUT2D eigenvalue weighted by Crippen LogP contribution is -2.65. The second-order valence-corrected chi connectivity index (χ2v) is 32.3. The highest BCUT2D eigenvalue weighted by atomic mass is 35.5. The van der Waals surface area contributed by atoms with Gasteiger partial charge in [0.05, 0.1) is 46.8 Å². The van der Waals surface area contributed by atoms with E-state index in [-0.39, 0.29) is 72.1 Å². The third kappa shape index (κ3) is 20.1. The van der Waals surface area contributed by atoms with E-state index in [1.807, 2.05) is 13.8 Å². The second kappa shape index (κ2) is 38.1. The molecule has 36 nitrogen and oxygen atoms in total. The van der Waals surface area contributed by atoms with Gasteiger partial charge in [0, 0.05) is 58.9 Å². The first-order chi connectivity index (χ1) is 59.8. The first kappa shape index (κ1) is 91.7. The van der Waals surface area contributed by atoms with Crippen LogP contribution in [0.2, 0.25) is 10.0 Å². The van der Waals surface area contributed by atoms with Crippen LogP contribution < -0.4 is 72.5 Å². The average molecular weight is 1790 g/mol. The van der Waals surface area contributed by atoms with Gasteiger partial charge in [-0.2, -0.15) is 13.2 Å². The number of pyridine rings is 1. The number of aromatic hydroxyl groups is 3. The van der Waals surface area contributed by atoms with Crippen molar-refractivity contribution in [2.75, 3.05) is 32.1 Å². The number of ether oxygens (including phenoxy) is 7. The lowest BCUT2D eigenvalue weighted by Gasteiger charge is -2.48. The zero-order valence-corrected chi connectivity index (χ0v) is 69.1. The Kier molecular flexibility index (Phi) is 27.7. The predicted octanol–water partition coefficient (Wildman–Crippen LogP) is 5.00. The van der Waals surface area contributed by atoms with Crippen LogP contribution in [0.1, 0.15) is 116 Å². The van der Waals surface area contributed by atoms with Crippen molar-refractivity contribution in [2.45, 2.75) is 169 Å². The monoisotopic (exact) mass is 1790 g/mol. The number of fused-ring (bicyclic) bond motifs is 16. The van der Waals surface area contributed by atoms with Crippen LogP contribution in [0.25, 0.3) is 22.0 Å². The van der Waals surface area contributed by atoms with Crippen LogP contribution in [-0.4, -0.2) is 209 Å². The number of likely N-dealkylation sites (N-methyl/N-ethyl adjacent to an activating group) is 1. The van der Waals surface area contributed by atoms with E-state index in [9.17, 15) is 88.2 Å². The molecule has 7 amide bonds. The molecule has 9 unspecified atom stereocenters. The van der Waals surface area contributed by atoms with Crippen molar-refractivity contribution in [1.29, 1.82) is 0 Å². The third-order valence-electron chi connectivity index (χ3n) is 22.0. The molecule has 7 aliphatic rings. The Morgan fingerprint density at radius 1 is 0.714 bits per heavy atom. The number of carboxylic acid groups (broad SMARTS) is 1. The van der Waals surface area contributed by atoms with Gasteiger partial charge in [-0.25, -0.2) is 9.78 Å². The van der Waals surface area contributed by atoms with Crippen LogP contribution in [0, 0.1) is 5.92 Å². The van der Waals surface area contributed by atoms with Crippen molar-refractivity contribution in [3.05, 3.63) is 183 Å². The van der Waals surface area contributed by atoms with E-state index in [2.05, 4.69) is 52.8 Å². The molecule has 0 spiro atoms. The number of primary amides is 1. The number of carbonyl (C=O) groups is 8. The van der Waals surface area contributed by atoms with E-state index in [1.165, 1.54) is 32.2 Å². The summed E-state index contributed by atoms with van der Waals surface area (Å²) in [7, 11) is 1.46. The predicted molar refractivity (Wildman–Crippen MR) is 439 cm³/mol. The van der Waals surface area contributed by atoms with Gasteiger partial charge in [0.25, 0.3) is 0 Å². The van der Waals surface area contributed by atoms with Gasteiger partial charge in [-0.15, -0.1) is 0 Å². The summed E-state index contributed by atoms with van der Waals surface area (Å²) in [4.78, 5) is 122. The molecule has 8 aromatic rings. The molecule has 11 bridgehead atoms. The number of aliphatic hydroxyl groups is 6. The number of phenols is 3. The molecule has 126 heavy (non-hydrogen) atoms. The summed E-state index contributed by atoms with van der Waals surface area (Å²) in [5, 5.41) is 140. The van der Waals surface area contributed by atoms with E-state index < -0.39 is 254 Å². The van der Waals surface area contributed by atoms with Gasteiger partial charge in [-0.05, 0) is 140 Å². The van der Waals surface area contributed by atoms with Gasteiger partial charge in [-0.3, -0.25) is 33.6 Å². The lowest BCUT2D eigenvalue weighted by atomic mass is 9.84. The quantitative estimate of drug-likeness (QED) is 0.0421. The van der Waals surface area contributed by atoms with Crippen molar-refractivity contribution in [2.24, 2.45) is 11.7 Å². The van der Waals surface area contributed by atoms with Gasteiger partial charge in [0.2, 0.25) is 53.4 Å². The Labute approximate surface area is 725 Å². The lowest BCUT2D eigenvalue weighted by molar-refractivity contribution is -0.334. The first-order valence-corrected chi connectivity index (χ1v) is 40.4. The van der Waals surface area contributed by atoms with Gasteiger partial charge in [0.1, 0.15) is 108 Å². The fourth-order valence-electron chi connectivity index (χ4n) is 15.5. The van der Waals surface area contributed by atoms with Crippen LogP contribution in [0.5, 0.6) is 51.7 Å². The van der Waals surface area contributed by atoms with E-state index in [0.717, 1.165) is 72.8 Å². The number of nitrogens with zero attached hydrogens (tertiary/aromatic N) is 1. The number of rotatable bonds is 21. The van der Waals surface area contributed by atoms with Crippen molar-refractivity contribution >= 4 is 87.1 Å². The Balaban J connectivity index is 0.911. The summed E-state index contributed by atoms with van der Waals surface area (Å²) < 4.78 is 86.8. The molecule has 41 heteroatoms. The molecule has 0 saturated carbocycles. The fraction of sp³-hybridized carbons (Fsp3) is 0.376. The molecule has 21 N–H and O–H groups in total. The molecule has 15 rings (SSSR count). The number of hydrogen-bond acceptors (Lipinski definition) is 28. The highest BCUT2D eigenvalue weighted by Gasteiger charge is 2.53. The van der Waals surface area contributed by atoms with Gasteiger partial charge in [-0.1, -0.05) is 85.6 Å². The summed E-state index contributed by atoms with van der Waals surface area (Å²) in [6.07, 6.45) is -24.0. The van der Waals surface area contributed by atoms with Crippen molar-refractivity contribution < 1.29 is 136 Å². The zero-order valence-electron chi connectivity index (χ0n) is 67.6. The minimum atomic E-state index is -4.70. The molecule has 670 valence electrons. The maximum Gasteiger partial charge on any atom is 0.433 e. The number of amides is 7. The first-order valence-electron chi connectivity index (χ1n) is 39.6. The maximum absolute atomic E-state index is 16.2. The number of anilines is 1. The number of benzene rings is 7. The van der Waals surface area contributed by atoms with Crippen LogP contribution in [0.15, 0.2) is 133 Å². The van der Waals surface area contributed by atoms with E-state index in [4.69, 9.17) is 62.1 Å². The SMILES string of the molecule is CN[C@H](CC(C)C)C(=O)N[C@H]1C(=O)N[C@@H](CC(N)=O)C(=O)N[C@H]2C(=O)N[C@H]3C(=O)N[C@H](C(=O)N[C@H](C(=O)O)c4cc(O)cc(O)c4-c4cc3ccc4O)[C@H](O)c3ccc(c(Cl)c3)Oc3cc2cc(c3OC2OC(CO)C(O)C(O)C2OC2CC(C)(NCc3ccc(OCCNc4cc(C(F)(F)F)nc5ccccc45)cc3)C(O)C(C)O2)Oc2ccc(cc2Cl)[C@H]1O. The smallest absolute Gasteiger partial charge is 0.433 e. The number of carboxylic acids is 1. The number of hydrogen-bond donors (Lipinski definition) is 20. The number of nitrogens with one attached hydrogen (secondary N) is 9. The molecule has 2 fully saturated rings. The number of aliphatic carboxylic acids is 1. The normalized spacial score (nSPS) is 26.0. The topological polar surface area (TPSA) is 551 Å². The van der Waals surface area contributed by atoms with Gasteiger partial charge >= 0.3 is 12.1 Å². The zero-order chi connectivity index (χ0) is 90.8. The van der Waals surface area contributed by atoms with Crippen molar-refractivity contribution in [3.8, 4) is 62.9 Å². The molecule has 1 aromatic heterocycles. The third-order valence-corrected chi connectivity index (χ3v) is 22.6. The number of alkyl halides is 3. The minimum Gasteiger partial charge on any atom is -0.508 e. The van der Waals surface area contributed by atoms with E-state index in [1.54, 1.807) is 49.4 Å². The number of para-hydroxylation sites is 1. The number of halogens is 5. The second-order valence-electron chi connectivity index (χ2n) is 31.5. The largest absolute Gasteiger partial charge is 0.508 e. The van der Waals surface area contributed by atoms with Crippen LogP contribution in [0.4, 0.5) is 18.9 Å². The highest BCUT2D eigenvalue weighted by molar-refractivity contribution is 6.32. The van der Waals surface area contributed by atoms with Crippen molar-refractivity contribution in [1.82, 2.24) is 47.5 Å². The Bertz CT molecular complexity index is 5490. The Hall–Kier alpha value is -12.0.